The first-order chi connectivity index (χ1) is 9.93. The fraction of sp³-hybridized carbons (Fsp3) is 0.385. The lowest BCUT2D eigenvalue weighted by atomic mass is 10.1. The molecule has 1 unspecified atom stereocenters. The highest BCUT2D eigenvalue weighted by Crippen LogP contribution is 2.23. The van der Waals surface area contributed by atoms with Crippen molar-refractivity contribution < 1.29 is 14.5 Å². The minimum absolute atomic E-state index is 0.00895. The number of rotatable bonds is 5. The van der Waals surface area contributed by atoms with Gasteiger partial charge in [-0.3, -0.25) is 19.8 Å². The van der Waals surface area contributed by atoms with Crippen molar-refractivity contribution in [2.45, 2.75) is 32.4 Å². The van der Waals surface area contributed by atoms with Crippen LogP contribution >= 0.6 is 0 Å². The number of hydrogen-bond donors (Lipinski definition) is 2. The molecule has 1 saturated heterocycles. The number of anilines is 1. The first-order valence-corrected chi connectivity index (χ1v) is 6.58. The number of imide groups is 1. The van der Waals surface area contributed by atoms with Crippen molar-refractivity contribution in [2.75, 3.05) is 5.73 Å². The second-order valence-electron chi connectivity index (χ2n) is 4.87. The van der Waals surface area contributed by atoms with Crippen LogP contribution in [0.2, 0.25) is 0 Å². The van der Waals surface area contributed by atoms with E-state index in [2.05, 4.69) is 5.32 Å². The summed E-state index contributed by atoms with van der Waals surface area (Å²) in [6, 6.07) is 3.23. The molecule has 1 fully saturated rings. The van der Waals surface area contributed by atoms with Gasteiger partial charge in [-0.05, 0) is 18.1 Å². The van der Waals surface area contributed by atoms with Crippen LogP contribution in [0, 0.1) is 10.1 Å². The first kappa shape index (κ1) is 14.8. The molecular formula is C13H16N4O4. The van der Waals surface area contributed by atoms with Crippen LogP contribution in [0.1, 0.15) is 25.3 Å². The Morgan fingerprint density at radius 1 is 1.43 bits per heavy atom. The van der Waals surface area contributed by atoms with Gasteiger partial charge in [-0.2, -0.15) is 0 Å². The van der Waals surface area contributed by atoms with E-state index in [1.165, 1.54) is 18.2 Å². The molecule has 8 nitrogen and oxygen atoms in total. The van der Waals surface area contributed by atoms with Gasteiger partial charge >= 0.3 is 6.03 Å². The smallest absolute Gasteiger partial charge is 0.325 e. The van der Waals surface area contributed by atoms with Gasteiger partial charge in [-0.25, -0.2) is 4.79 Å². The van der Waals surface area contributed by atoms with Gasteiger partial charge in [0.15, 0.2) is 0 Å². The number of nitrogen functional groups attached to an aromatic ring is 1. The quantitative estimate of drug-likeness (QED) is 0.368. The van der Waals surface area contributed by atoms with Crippen LogP contribution < -0.4 is 11.1 Å². The monoisotopic (exact) mass is 292 g/mol. The highest BCUT2D eigenvalue weighted by molar-refractivity contribution is 6.04. The van der Waals surface area contributed by atoms with Gasteiger partial charge in [0, 0.05) is 6.07 Å². The average Bonchev–Trinajstić information content (AvgIpc) is 2.67. The number of nitrogens with one attached hydrogen (secondary N) is 1. The summed E-state index contributed by atoms with van der Waals surface area (Å²) >= 11 is 0. The second-order valence-corrected chi connectivity index (χ2v) is 4.87. The summed E-state index contributed by atoms with van der Waals surface area (Å²) in [6.07, 6.45) is 1.37. The van der Waals surface area contributed by atoms with Crippen LogP contribution in [0.3, 0.4) is 0 Å². The van der Waals surface area contributed by atoms with E-state index in [4.69, 9.17) is 5.73 Å². The van der Waals surface area contributed by atoms with Crippen LogP contribution in [-0.2, 0) is 11.3 Å². The fourth-order valence-corrected chi connectivity index (χ4v) is 2.26. The van der Waals surface area contributed by atoms with Crippen LogP contribution in [0.15, 0.2) is 18.2 Å². The Balaban J connectivity index is 2.15. The zero-order chi connectivity index (χ0) is 15.6. The third kappa shape index (κ3) is 2.93. The normalized spacial score (nSPS) is 18.0. The van der Waals surface area contributed by atoms with E-state index in [-0.39, 0.29) is 23.8 Å². The lowest BCUT2D eigenvalue weighted by Crippen LogP contribution is -2.31. The Kier molecular flexibility index (Phi) is 4.06. The van der Waals surface area contributed by atoms with Crippen molar-refractivity contribution >= 4 is 23.3 Å². The van der Waals surface area contributed by atoms with Crippen molar-refractivity contribution in [2.24, 2.45) is 0 Å². The summed E-state index contributed by atoms with van der Waals surface area (Å²) in [6.45, 7) is 1.98. The zero-order valence-corrected chi connectivity index (χ0v) is 11.5. The topological polar surface area (TPSA) is 119 Å². The molecule has 8 heteroatoms. The molecular weight excluding hydrogens is 276 g/mol. The van der Waals surface area contributed by atoms with Crippen molar-refractivity contribution in [3.8, 4) is 0 Å². The summed E-state index contributed by atoms with van der Waals surface area (Å²) in [5.41, 5.74) is 5.98. The highest BCUT2D eigenvalue weighted by atomic mass is 16.6. The van der Waals surface area contributed by atoms with Gasteiger partial charge in [0.1, 0.15) is 11.7 Å². The van der Waals surface area contributed by atoms with E-state index in [1.54, 1.807) is 0 Å². The molecule has 1 aliphatic rings. The highest BCUT2D eigenvalue weighted by Gasteiger charge is 2.37. The van der Waals surface area contributed by atoms with Crippen LogP contribution in [0.25, 0.3) is 0 Å². The summed E-state index contributed by atoms with van der Waals surface area (Å²) in [7, 11) is 0. The number of hydrogen-bond acceptors (Lipinski definition) is 5. The summed E-state index contributed by atoms with van der Waals surface area (Å²) in [5, 5.41) is 13.3. The molecule has 2 rings (SSSR count). The van der Waals surface area contributed by atoms with Crippen LogP contribution in [0.5, 0.6) is 0 Å². The number of nitro groups is 1. The molecule has 1 atom stereocenters. The van der Waals surface area contributed by atoms with Crippen molar-refractivity contribution in [3.05, 3.63) is 33.9 Å². The third-order valence-corrected chi connectivity index (χ3v) is 3.31. The van der Waals surface area contributed by atoms with Gasteiger partial charge in [0.2, 0.25) is 0 Å². The van der Waals surface area contributed by atoms with E-state index in [0.717, 1.165) is 11.3 Å². The molecule has 0 spiro atoms. The van der Waals surface area contributed by atoms with E-state index < -0.39 is 17.0 Å². The molecule has 1 aromatic carbocycles. The third-order valence-electron chi connectivity index (χ3n) is 3.31. The fourth-order valence-electron chi connectivity index (χ4n) is 2.26. The molecule has 0 aromatic heterocycles. The SMILES string of the molecule is CCCC1NC(=O)N(Cc2ccc([N+](=O)[O-])c(N)c2)C1=O. The van der Waals surface area contributed by atoms with Gasteiger partial charge in [-0.1, -0.05) is 19.4 Å². The maximum Gasteiger partial charge on any atom is 0.325 e. The molecule has 0 bridgehead atoms. The maximum atomic E-state index is 12.1. The molecule has 1 aromatic rings. The molecule has 0 radical (unpaired) electrons. The van der Waals surface area contributed by atoms with Gasteiger partial charge < -0.3 is 11.1 Å². The number of nitrogens with zero attached hydrogens (tertiary/aromatic N) is 2. The predicted molar refractivity (Wildman–Crippen MR) is 75.3 cm³/mol. The average molecular weight is 292 g/mol. The van der Waals surface area contributed by atoms with Crippen molar-refractivity contribution in [1.82, 2.24) is 10.2 Å². The van der Waals surface area contributed by atoms with Crippen LogP contribution in [-0.4, -0.2) is 27.8 Å². The Morgan fingerprint density at radius 3 is 2.71 bits per heavy atom. The minimum Gasteiger partial charge on any atom is -0.393 e. The van der Waals surface area contributed by atoms with Crippen molar-refractivity contribution in [1.29, 1.82) is 0 Å². The van der Waals surface area contributed by atoms with Gasteiger partial charge in [0.25, 0.3) is 11.6 Å². The molecule has 112 valence electrons. The van der Waals surface area contributed by atoms with Crippen molar-refractivity contribution in [3.63, 3.8) is 0 Å². The number of urea groups is 1. The minimum atomic E-state index is -0.579. The van der Waals surface area contributed by atoms with E-state index >= 15 is 0 Å². The summed E-state index contributed by atoms with van der Waals surface area (Å²) in [4.78, 5) is 35.1. The number of carbonyl (C=O) groups excluding carboxylic acids is 2. The van der Waals surface area contributed by atoms with E-state index in [9.17, 15) is 19.7 Å². The molecule has 21 heavy (non-hydrogen) atoms. The standard InChI is InChI=1S/C13H16N4O4/c1-2-3-10-12(18)16(13(19)15-10)7-8-4-5-11(17(20)21)9(14)6-8/h4-6,10H,2-3,7,14H2,1H3,(H,15,19). The number of benzene rings is 1. The number of carbonyl (C=O) groups is 2. The van der Waals surface area contributed by atoms with Crippen LogP contribution in [0.4, 0.5) is 16.2 Å². The summed E-state index contributed by atoms with van der Waals surface area (Å²) in [5.74, 6) is -0.279. The molecule has 0 aliphatic carbocycles. The Bertz CT molecular complexity index is 602. The van der Waals surface area contributed by atoms with Gasteiger partial charge in [-0.15, -0.1) is 0 Å². The van der Waals surface area contributed by atoms with Gasteiger partial charge in [0.05, 0.1) is 11.5 Å². The molecule has 1 heterocycles. The molecule has 3 amide bonds. The largest absolute Gasteiger partial charge is 0.393 e. The maximum absolute atomic E-state index is 12.1. The Hall–Kier alpha value is -2.64. The summed E-state index contributed by atoms with van der Waals surface area (Å²) < 4.78 is 0. The zero-order valence-electron chi connectivity index (χ0n) is 11.5. The number of amides is 3. The predicted octanol–water partition coefficient (Wildman–Crippen LogP) is 1.40. The number of nitrogens with two attached hydrogens (primary N) is 1. The molecule has 0 saturated carbocycles. The lowest BCUT2D eigenvalue weighted by molar-refractivity contribution is -0.383. The lowest BCUT2D eigenvalue weighted by Gasteiger charge is -2.13. The molecule has 3 N–H and O–H groups in total. The second kappa shape index (κ2) is 5.78. The van der Waals surface area contributed by atoms with E-state index in [1.807, 2.05) is 6.92 Å². The first-order valence-electron chi connectivity index (χ1n) is 6.58. The molecule has 1 aliphatic heterocycles. The Labute approximate surface area is 121 Å². The Morgan fingerprint density at radius 2 is 2.14 bits per heavy atom. The van der Waals surface area contributed by atoms with E-state index in [0.29, 0.717) is 12.0 Å². The number of nitro benzene ring substituents is 1.